The third-order valence-electron chi connectivity index (χ3n) is 5.00. The molecule has 1 aliphatic rings. The van der Waals surface area contributed by atoms with E-state index >= 15 is 0 Å². The average molecular weight is 368 g/mol. The fraction of sp³-hybridized carbons (Fsp3) is 0.368. The molecular weight excluding hydrogens is 347 g/mol. The smallest absolute Gasteiger partial charge is 0.258 e. The second kappa shape index (κ2) is 6.61. The van der Waals surface area contributed by atoms with Crippen LogP contribution in [0.15, 0.2) is 24.3 Å². The number of carbonyl (C=O) groups excluding carboxylic acids is 1. The Labute approximate surface area is 156 Å². The van der Waals surface area contributed by atoms with E-state index in [-0.39, 0.29) is 17.8 Å². The quantitative estimate of drug-likeness (QED) is 0.771. The minimum atomic E-state index is -0.307. The number of hydrogen-bond acceptors (Lipinski definition) is 4. The fourth-order valence-corrected chi connectivity index (χ4v) is 3.72. The minimum Gasteiger partial charge on any atom is -0.328 e. The summed E-state index contributed by atoms with van der Waals surface area (Å²) < 4.78 is 14.9. The van der Waals surface area contributed by atoms with Crippen LogP contribution in [0.4, 0.5) is 4.39 Å². The van der Waals surface area contributed by atoms with Gasteiger partial charge in [0.25, 0.3) is 5.91 Å². The van der Waals surface area contributed by atoms with Crippen molar-refractivity contribution in [3.63, 3.8) is 0 Å². The maximum Gasteiger partial charge on any atom is 0.258 e. The monoisotopic (exact) mass is 368 g/mol. The molecule has 0 unspecified atom stereocenters. The van der Waals surface area contributed by atoms with E-state index in [1.807, 2.05) is 25.7 Å². The highest BCUT2D eigenvalue weighted by Gasteiger charge is 2.35. The Balaban J connectivity index is 1.68. The van der Waals surface area contributed by atoms with E-state index in [1.165, 1.54) is 12.1 Å². The number of halogens is 1. The van der Waals surface area contributed by atoms with E-state index in [0.29, 0.717) is 23.6 Å². The first kappa shape index (κ1) is 17.4. The maximum atomic E-state index is 13.3. The number of aromatic nitrogens is 5. The molecule has 1 aliphatic heterocycles. The maximum absolute atomic E-state index is 13.3. The molecule has 7 nitrogen and oxygen atoms in total. The summed E-state index contributed by atoms with van der Waals surface area (Å²) in [6.07, 6.45) is 1.75. The van der Waals surface area contributed by atoms with Crippen LogP contribution < -0.4 is 0 Å². The molecule has 4 rings (SSSR count). The van der Waals surface area contributed by atoms with E-state index < -0.39 is 0 Å². The summed E-state index contributed by atoms with van der Waals surface area (Å²) in [6.45, 7) is 6.19. The SMILES string of the molecule is Cc1nc([C@@H]2CCCN2C(=O)c2c(C)nn(-c3ccc(F)cc3)c2C)n[nH]1. The lowest BCUT2D eigenvalue weighted by molar-refractivity contribution is 0.0728. The van der Waals surface area contributed by atoms with Crippen molar-refractivity contribution in [2.24, 2.45) is 0 Å². The molecule has 1 aromatic carbocycles. The van der Waals surface area contributed by atoms with Gasteiger partial charge in [0.05, 0.1) is 28.7 Å². The van der Waals surface area contributed by atoms with Gasteiger partial charge in [0.1, 0.15) is 11.6 Å². The van der Waals surface area contributed by atoms with Crippen LogP contribution in [0, 0.1) is 26.6 Å². The Morgan fingerprint density at radius 2 is 1.96 bits per heavy atom. The highest BCUT2D eigenvalue weighted by Crippen LogP contribution is 2.32. The zero-order valence-corrected chi connectivity index (χ0v) is 15.5. The van der Waals surface area contributed by atoms with Crippen LogP contribution in [0.2, 0.25) is 0 Å². The van der Waals surface area contributed by atoms with E-state index in [4.69, 9.17) is 0 Å². The topological polar surface area (TPSA) is 79.7 Å². The molecule has 140 valence electrons. The van der Waals surface area contributed by atoms with Gasteiger partial charge in [-0.25, -0.2) is 14.1 Å². The molecule has 1 fully saturated rings. The number of carbonyl (C=O) groups is 1. The van der Waals surface area contributed by atoms with E-state index in [1.54, 1.807) is 16.8 Å². The lowest BCUT2D eigenvalue weighted by Gasteiger charge is -2.22. The van der Waals surface area contributed by atoms with Gasteiger partial charge in [0, 0.05) is 6.54 Å². The number of aromatic amines is 1. The summed E-state index contributed by atoms with van der Waals surface area (Å²) >= 11 is 0. The summed E-state index contributed by atoms with van der Waals surface area (Å²) in [7, 11) is 0. The molecule has 1 amide bonds. The largest absolute Gasteiger partial charge is 0.328 e. The number of hydrogen-bond donors (Lipinski definition) is 1. The van der Waals surface area contributed by atoms with Crippen molar-refractivity contribution in [3.05, 3.63) is 58.7 Å². The van der Waals surface area contributed by atoms with E-state index in [9.17, 15) is 9.18 Å². The summed E-state index contributed by atoms with van der Waals surface area (Å²) in [5.74, 6) is 1.02. The molecule has 0 bridgehead atoms. The van der Waals surface area contributed by atoms with E-state index in [0.717, 1.165) is 30.0 Å². The Morgan fingerprint density at radius 3 is 2.63 bits per heavy atom. The molecule has 0 saturated carbocycles. The first-order chi connectivity index (χ1) is 13.0. The molecule has 1 saturated heterocycles. The molecule has 3 aromatic rings. The molecule has 1 atom stereocenters. The van der Waals surface area contributed by atoms with Crippen LogP contribution in [0.5, 0.6) is 0 Å². The second-order valence-electron chi connectivity index (χ2n) is 6.87. The van der Waals surface area contributed by atoms with Crippen LogP contribution in [-0.4, -0.2) is 42.3 Å². The Kier molecular flexibility index (Phi) is 4.25. The van der Waals surface area contributed by atoms with Crippen molar-refractivity contribution in [1.29, 1.82) is 0 Å². The van der Waals surface area contributed by atoms with Crippen molar-refractivity contribution in [3.8, 4) is 5.69 Å². The van der Waals surface area contributed by atoms with Crippen molar-refractivity contribution < 1.29 is 9.18 Å². The van der Waals surface area contributed by atoms with Crippen LogP contribution in [0.3, 0.4) is 0 Å². The Hall–Kier alpha value is -3.03. The summed E-state index contributed by atoms with van der Waals surface area (Å²) in [5, 5.41) is 11.6. The van der Waals surface area contributed by atoms with Crippen molar-refractivity contribution in [2.45, 2.75) is 39.7 Å². The lowest BCUT2D eigenvalue weighted by Crippen LogP contribution is -2.32. The summed E-state index contributed by atoms with van der Waals surface area (Å²) in [4.78, 5) is 19.6. The third kappa shape index (κ3) is 3.01. The highest BCUT2D eigenvalue weighted by atomic mass is 19.1. The predicted molar refractivity (Wildman–Crippen MR) is 97.1 cm³/mol. The van der Waals surface area contributed by atoms with Gasteiger partial charge in [-0.3, -0.25) is 9.89 Å². The van der Waals surface area contributed by atoms with E-state index in [2.05, 4.69) is 20.3 Å². The standard InChI is InChI=1S/C19H21FN6O/c1-11-17(12(2)26(24-11)15-8-6-14(20)7-9-15)19(27)25-10-4-5-16(25)18-21-13(3)22-23-18/h6-9,16H,4-5,10H2,1-3H3,(H,21,22,23)/t16-/m0/s1. The number of amides is 1. The van der Waals surface area contributed by atoms with Gasteiger partial charge in [-0.15, -0.1) is 0 Å². The van der Waals surface area contributed by atoms with Gasteiger partial charge in [0.2, 0.25) is 0 Å². The fourth-order valence-electron chi connectivity index (χ4n) is 3.72. The molecular formula is C19H21FN6O. The second-order valence-corrected chi connectivity index (χ2v) is 6.87. The van der Waals surface area contributed by atoms with Gasteiger partial charge < -0.3 is 4.90 Å². The molecule has 3 heterocycles. The van der Waals surface area contributed by atoms with Crippen molar-refractivity contribution >= 4 is 5.91 Å². The molecule has 2 aromatic heterocycles. The molecule has 0 radical (unpaired) electrons. The first-order valence-corrected chi connectivity index (χ1v) is 8.97. The average Bonchev–Trinajstić information content (AvgIpc) is 3.34. The normalized spacial score (nSPS) is 16.9. The minimum absolute atomic E-state index is 0.0664. The molecule has 27 heavy (non-hydrogen) atoms. The van der Waals surface area contributed by atoms with Gasteiger partial charge in [-0.05, 0) is 57.9 Å². The molecule has 1 N–H and O–H groups in total. The van der Waals surface area contributed by atoms with Crippen LogP contribution >= 0.6 is 0 Å². The van der Waals surface area contributed by atoms with Crippen LogP contribution in [0.1, 0.15) is 52.3 Å². The third-order valence-corrected chi connectivity index (χ3v) is 5.00. The van der Waals surface area contributed by atoms with Crippen LogP contribution in [-0.2, 0) is 0 Å². The summed E-state index contributed by atoms with van der Waals surface area (Å²) in [6, 6.07) is 5.94. The van der Waals surface area contributed by atoms with Gasteiger partial charge >= 0.3 is 0 Å². The Morgan fingerprint density at radius 1 is 1.22 bits per heavy atom. The zero-order chi connectivity index (χ0) is 19.1. The van der Waals surface area contributed by atoms with Crippen LogP contribution in [0.25, 0.3) is 5.69 Å². The van der Waals surface area contributed by atoms with Crippen molar-refractivity contribution in [1.82, 2.24) is 29.9 Å². The number of likely N-dealkylation sites (tertiary alicyclic amines) is 1. The zero-order valence-electron chi connectivity index (χ0n) is 15.5. The van der Waals surface area contributed by atoms with Gasteiger partial charge in [-0.1, -0.05) is 0 Å². The lowest BCUT2D eigenvalue weighted by atomic mass is 10.1. The molecule has 0 spiro atoms. The number of benzene rings is 1. The summed E-state index contributed by atoms with van der Waals surface area (Å²) in [5.41, 5.74) is 2.69. The Bertz CT molecular complexity index is 990. The molecule has 8 heteroatoms. The predicted octanol–water partition coefficient (Wildman–Crippen LogP) is 3.03. The highest BCUT2D eigenvalue weighted by molar-refractivity contribution is 5.97. The van der Waals surface area contributed by atoms with Gasteiger partial charge in [0.15, 0.2) is 5.82 Å². The number of nitrogens with one attached hydrogen (secondary N) is 1. The number of aryl methyl sites for hydroxylation is 2. The van der Waals surface area contributed by atoms with Gasteiger partial charge in [-0.2, -0.15) is 10.2 Å². The molecule has 0 aliphatic carbocycles. The number of nitrogens with zero attached hydrogens (tertiary/aromatic N) is 5. The number of rotatable bonds is 3. The van der Waals surface area contributed by atoms with Crippen molar-refractivity contribution in [2.75, 3.05) is 6.54 Å². The first-order valence-electron chi connectivity index (χ1n) is 8.97. The number of H-pyrrole nitrogens is 1.